The smallest absolute Gasteiger partial charge is 0.130 e. The van der Waals surface area contributed by atoms with Crippen LogP contribution in [0.15, 0.2) is 0 Å². The van der Waals surface area contributed by atoms with Gasteiger partial charge < -0.3 is 4.74 Å². The Morgan fingerprint density at radius 1 is 0.818 bits per heavy atom. The van der Waals surface area contributed by atoms with E-state index in [-0.39, 0.29) is 0 Å². The average Bonchev–Trinajstić information content (AvgIpc) is 1.85. The van der Waals surface area contributed by atoms with E-state index in [0.29, 0.717) is 21.8 Å². The molecule has 0 unspecified atom stereocenters. The van der Waals surface area contributed by atoms with E-state index >= 15 is 0 Å². The Bertz CT molecular complexity index is 74.2. The van der Waals surface area contributed by atoms with Crippen molar-refractivity contribution < 1.29 is 4.74 Å². The molecule has 11 heavy (non-hydrogen) atoms. The molecule has 0 saturated carbocycles. The first-order valence-electron chi connectivity index (χ1n) is 3.79. The highest BCUT2D eigenvalue weighted by Gasteiger charge is 2.04. The fourth-order valence-electron chi connectivity index (χ4n) is 0.553. The molecule has 0 fully saturated rings. The van der Waals surface area contributed by atoms with Crippen LogP contribution in [0, 0.1) is 0 Å². The topological polar surface area (TPSA) is 9.23 Å². The molecule has 0 spiro atoms. The monoisotopic (exact) mass is 196 g/mol. The summed E-state index contributed by atoms with van der Waals surface area (Å²) in [5.74, 6) is 2.45. The molecule has 0 bridgehead atoms. The third-order valence-corrected chi connectivity index (χ3v) is 3.24. The first-order chi connectivity index (χ1) is 5.13. The van der Waals surface area contributed by atoms with Crippen LogP contribution in [-0.4, -0.2) is 49.7 Å². The number of hydrogen-bond donors (Lipinski definition) is 0. The van der Waals surface area contributed by atoms with Crippen LogP contribution in [0.5, 0.6) is 0 Å². The largest absolute Gasteiger partial charge is 0.372 e. The Labute approximate surface area is 76.6 Å². The summed E-state index contributed by atoms with van der Waals surface area (Å²) in [4.78, 5) is 0. The van der Waals surface area contributed by atoms with Crippen LogP contribution in [0.3, 0.4) is 0 Å². The zero-order chi connectivity index (χ0) is 8.69. The predicted molar refractivity (Wildman–Crippen MR) is 59.0 cm³/mol. The number of rotatable bonds is 6. The van der Waals surface area contributed by atoms with Gasteiger partial charge in [-0.3, -0.25) is 0 Å². The molecule has 0 atom stereocenters. The fourth-order valence-corrected chi connectivity index (χ4v) is 1.46. The minimum absolute atomic E-state index is 0.548. The molecule has 0 aromatic carbocycles. The van der Waals surface area contributed by atoms with Gasteiger partial charge in [0.1, 0.15) is 11.5 Å². The second kappa shape index (κ2) is 7.32. The first kappa shape index (κ1) is 11.7. The maximum absolute atomic E-state index is 5.47. The van der Waals surface area contributed by atoms with E-state index in [1.807, 2.05) is 0 Å². The van der Waals surface area contributed by atoms with E-state index in [0.717, 1.165) is 13.2 Å². The fraction of sp³-hybridized carbons (Fsp3) is 1.00. The standard InChI is InChI=1S/C8H20OS2/c1-10(2)7-5-9-6-8-11(3)4/h5-8H2,1-4H3/q+2. The lowest BCUT2D eigenvalue weighted by molar-refractivity contribution is 0.166. The van der Waals surface area contributed by atoms with Gasteiger partial charge in [-0.15, -0.1) is 0 Å². The molecule has 0 radical (unpaired) electrons. The summed E-state index contributed by atoms with van der Waals surface area (Å²) in [5.41, 5.74) is 0. The first-order valence-corrected chi connectivity index (χ1v) is 8.21. The highest BCUT2D eigenvalue weighted by molar-refractivity contribution is 7.95. The van der Waals surface area contributed by atoms with Crippen molar-refractivity contribution in [1.29, 1.82) is 0 Å². The van der Waals surface area contributed by atoms with E-state index in [1.54, 1.807) is 0 Å². The van der Waals surface area contributed by atoms with Crippen molar-refractivity contribution in [2.24, 2.45) is 0 Å². The Balaban J connectivity index is 2.91. The second-order valence-electron chi connectivity index (χ2n) is 2.99. The van der Waals surface area contributed by atoms with Gasteiger partial charge in [-0.05, 0) is 21.8 Å². The van der Waals surface area contributed by atoms with Gasteiger partial charge in [-0.25, -0.2) is 0 Å². The van der Waals surface area contributed by atoms with Gasteiger partial charge in [0.25, 0.3) is 0 Å². The highest BCUT2D eigenvalue weighted by atomic mass is 32.2. The third kappa shape index (κ3) is 10.7. The lowest BCUT2D eigenvalue weighted by Crippen LogP contribution is -2.14. The summed E-state index contributed by atoms with van der Waals surface area (Å²) in [7, 11) is 1.10. The lowest BCUT2D eigenvalue weighted by atomic mass is 10.8. The Kier molecular flexibility index (Phi) is 7.76. The molecule has 0 aromatic heterocycles. The molecule has 0 aliphatic heterocycles. The average molecular weight is 196 g/mol. The molecule has 0 saturated heterocycles. The van der Waals surface area contributed by atoms with E-state index in [1.165, 1.54) is 11.5 Å². The highest BCUT2D eigenvalue weighted by Crippen LogP contribution is 1.87. The Morgan fingerprint density at radius 3 is 1.45 bits per heavy atom. The van der Waals surface area contributed by atoms with Crippen LogP contribution in [0.2, 0.25) is 0 Å². The zero-order valence-electron chi connectivity index (χ0n) is 8.05. The van der Waals surface area contributed by atoms with E-state index in [9.17, 15) is 0 Å². The zero-order valence-corrected chi connectivity index (χ0v) is 9.69. The van der Waals surface area contributed by atoms with Crippen molar-refractivity contribution in [3.05, 3.63) is 0 Å². The molecule has 0 aliphatic rings. The van der Waals surface area contributed by atoms with Crippen LogP contribution in [0.1, 0.15) is 0 Å². The van der Waals surface area contributed by atoms with Crippen LogP contribution >= 0.6 is 0 Å². The summed E-state index contributed by atoms with van der Waals surface area (Å²) in [6.07, 6.45) is 9.03. The molecule has 0 N–H and O–H groups in total. The SMILES string of the molecule is C[S+](C)CCOCC[S+](C)C. The van der Waals surface area contributed by atoms with Crippen molar-refractivity contribution >= 4 is 21.8 Å². The van der Waals surface area contributed by atoms with Crippen LogP contribution in [-0.2, 0) is 26.5 Å². The van der Waals surface area contributed by atoms with Gasteiger partial charge >= 0.3 is 0 Å². The van der Waals surface area contributed by atoms with Crippen molar-refractivity contribution in [1.82, 2.24) is 0 Å². The van der Waals surface area contributed by atoms with E-state index < -0.39 is 0 Å². The van der Waals surface area contributed by atoms with Gasteiger partial charge in [0.2, 0.25) is 0 Å². The molecular formula is C8H20OS2+2. The molecule has 0 amide bonds. The van der Waals surface area contributed by atoms with Gasteiger partial charge in [0.15, 0.2) is 0 Å². The summed E-state index contributed by atoms with van der Waals surface area (Å²) in [6.45, 7) is 1.90. The van der Waals surface area contributed by atoms with E-state index in [2.05, 4.69) is 25.0 Å². The maximum Gasteiger partial charge on any atom is 0.130 e. The van der Waals surface area contributed by atoms with Gasteiger partial charge in [-0.1, -0.05) is 0 Å². The van der Waals surface area contributed by atoms with Crippen LogP contribution in [0.25, 0.3) is 0 Å². The summed E-state index contributed by atoms with van der Waals surface area (Å²) in [5, 5.41) is 0. The second-order valence-corrected chi connectivity index (χ2v) is 7.75. The molecule has 1 nitrogen and oxygen atoms in total. The Morgan fingerprint density at radius 2 is 1.18 bits per heavy atom. The van der Waals surface area contributed by atoms with Crippen molar-refractivity contribution in [2.75, 3.05) is 49.7 Å². The van der Waals surface area contributed by atoms with Crippen molar-refractivity contribution in [3.8, 4) is 0 Å². The molecule has 0 aromatic rings. The molecule has 0 aliphatic carbocycles. The summed E-state index contributed by atoms with van der Waals surface area (Å²) in [6, 6.07) is 0. The number of hydrogen-bond acceptors (Lipinski definition) is 1. The summed E-state index contributed by atoms with van der Waals surface area (Å²) >= 11 is 0. The lowest BCUT2D eigenvalue weighted by Gasteiger charge is -2.00. The van der Waals surface area contributed by atoms with Gasteiger partial charge in [0, 0.05) is 0 Å². The van der Waals surface area contributed by atoms with Crippen molar-refractivity contribution in [2.45, 2.75) is 0 Å². The van der Waals surface area contributed by atoms with Crippen LogP contribution in [0.4, 0.5) is 0 Å². The van der Waals surface area contributed by atoms with Gasteiger partial charge in [-0.2, -0.15) is 0 Å². The quantitative estimate of drug-likeness (QED) is 0.450. The normalized spacial score (nSPS) is 11.5. The van der Waals surface area contributed by atoms with Crippen molar-refractivity contribution in [3.63, 3.8) is 0 Å². The molecular weight excluding hydrogens is 176 g/mol. The Hall–Kier alpha value is 0.660. The minimum atomic E-state index is 0.548. The molecule has 68 valence electrons. The van der Waals surface area contributed by atoms with E-state index in [4.69, 9.17) is 4.74 Å². The third-order valence-electron chi connectivity index (χ3n) is 1.27. The maximum atomic E-state index is 5.47. The van der Waals surface area contributed by atoms with Gasteiger partial charge in [0.05, 0.1) is 38.2 Å². The molecule has 0 heterocycles. The summed E-state index contributed by atoms with van der Waals surface area (Å²) < 4.78 is 5.47. The number of ether oxygens (including phenoxy) is 1. The van der Waals surface area contributed by atoms with Crippen LogP contribution < -0.4 is 0 Å². The molecule has 3 heteroatoms. The molecule has 0 rings (SSSR count). The predicted octanol–water partition coefficient (Wildman–Crippen LogP) is 0.759. The minimum Gasteiger partial charge on any atom is -0.372 e.